The molecule has 8 nitrogen and oxygen atoms in total. The van der Waals surface area contributed by atoms with Crippen LogP contribution in [0.4, 0.5) is 11.6 Å². The Labute approximate surface area is 166 Å². The summed E-state index contributed by atoms with van der Waals surface area (Å²) in [6, 6.07) is 5.15. The number of nitrogens with one attached hydrogen (secondary N) is 2. The first-order valence-corrected chi connectivity index (χ1v) is 10.9. The fraction of sp³-hybridized carbons (Fsp3) is 0.474. The molecule has 2 heterocycles. The van der Waals surface area contributed by atoms with Crippen LogP contribution in [0.3, 0.4) is 0 Å². The van der Waals surface area contributed by atoms with E-state index < -0.39 is 10.0 Å². The minimum absolute atomic E-state index is 0.246. The quantitative estimate of drug-likeness (QED) is 0.649. The summed E-state index contributed by atoms with van der Waals surface area (Å²) >= 11 is 0. The van der Waals surface area contributed by atoms with E-state index in [-0.39, 0.29) is 11.4 Å². The van der Waals surface area contributed by atoms with Crippen LogP contribution in [-0.4, -0.2) is 51.7 Å². The van der Waals surface area contributed by atoms with Crippen molar-refractivity contribution in [3.05, 3.63) is 35.7 Å². The molecule has 0 atom stereocenters. The van der Waals surface area contributed by atoms with Gasteiger partial charge in [0.25, 0.3) is 0 Å². The molecule has 0 radical (unpaired) electrons. The first kappa shape index (κ1) is 20.3. The smallest absolute Gasteiger partial charge is 0.240 e. The summed E-state index contributed by atoms with van der Waals surface area (Å²) in [4.78, 5) is 11.0. The van der Waals surface area contributed by atoms with E-state index in [0.29, 0.717) is 23.7 Å². The lowest BCUT2D eigenvalue weighted by Crippen LogP contribution is -2.29. The average Bonchev–Trinajstić information content (AvgIpc) is 3.22. The Kier molecular flexibility index (Phi) is 6.35. The fourth-order valence-corrected chi connectivity index (χ4v) is 4.63. The monoisotopic (exact) mass is 405 g/mol. The maximum Gasteiger partial charge on any atom is 0.240 e. The van der Waals surface area contributed by atoms with Crippen molar-refractivity contribution in [1.29, 1.82) is 0 Å². The molecule has 0 saturated carbocycles. The lowest BCUT2D eigenvalue weighted by Gasteiger charge is -2.17. The number of nitrogens with zero attached hydrogens (tertiary/aromatic N) is 3. The van der Waals surface area contributed by atoms with Crippen molar-refractivity contribution in [3.8, 4) is 5.75 Å². The van der Waals surface area contributed by atoms with Gasteiger partial charge in [-0.05, 0) is 49.9 Å². The van der Waals surface area contributed by atoms with Gasteiger partial charge in [0.05, 0.1) is 12.0 Å². The van der Waals surface area contributed by atoms with Gasteiger partial charge in [-0.2, -0.15) is 0 Å². The standard InChI is InChI=1S/C19H27N5O3S/c1-14-15(2)17(7-6-16(14)27-3)28(25,26)23-9-8-20-18-12-19(22-13-21-18)24-10-4-5-11-24/h6-7,12-13,23H,4-5,8-11H2,1-3H3,(H,20,21,22). The molecule has 0 unspecified atom stereocenters. The van der Waals surface area contributed by atoms with Gasteiger partial charge in [-0.25, -0.2) is 23.1 Å². The first-order chi connectivity index (χ1) is 13.4. The van der Waals surface area contributed by atoms with E-state index >= 15 is 0 Å². The molecule has 0 aliphatic carbocycles. The summed E-state index contributed by atoms with van der Waals surface area (Å²) < 4.78 is 33.1. The Hall–Kier alpha value is -2.39. The second kappa shape index (κ2) is 8.74. The van der Waals surface area contributed by atoms with Crippen LogP contribution >= 0.6 is 0 Å². The molecule has 0 bridgehead atoms. The Morgan fingerprint density at radius 1 is 1.11 bits per heavy atom. The molecule has 1 fully saturated rings. The second-order valence-electron chi connectivity index (χ2n) is 6.80. The third-order valence-electron chi connectivity index (χ3n) is 5.00. The van der Waals surface area contributed by atoms with Crippen molar-refractivity contribution < 1.29 is 13.2 Å². The van der Waals surface area contributed by atoms with Gasteiger partial charge >= 0.3 is 0 Å². The highest BCUT2D eigenvalue weighted by molar-refractivity contribution is 7.89. The number of sulfonamides is 1. The molecule has 1 saturated heterocycles. The Bertz CT molecular complexity index is 927. The van der Waals surface area contributed by atoms with Crippen molar-refractivity contribution in [2.75, 3.05) is 43.5 Å². The summed E-state index contributed by atoms with van der Waals surface area (Å²) in [5.41, 5.74) is 1.50. The molecule has 2 N–H and O–H groups in total. The third kappa shape index (κ3) is 4.53. The van der Waals surface area contributed by atoms with Gasteiger partial charge in [0.2, 0.25) is 10.0 Å². The van der Waals surface area contributed by atoms with E-state index in [9.17, 15) is 8.42 Å². The van der Waals surface area contributed by atoms with Gasteiger partial charge in [0, 0.05) is 32.2 Å². The number of ether oxygens (including phenoxy) is 1. The van der Waals surface area contributed by atoms with Crippen LogP contribution < -0.4 is 19.7 Å². The maximum absolute atomic E-state index is 12.6. The number of hydrogen-bond donors (Lipinski definition) is 2. The number of hydrogen-bond acceptors (Lipinski definition) is 7. The highest BCUT2D eigenvalue weighted by Gasteiger charge is 2.19. The molecule has 28 heavy (non-hydrogen) atoms. The average molecular weight is 406 g/mol. The number of methoxy groups -OCH3 is 1. The van der Waals surface area contributed by atoms with E-state index in [1.54, 1.807) is 26.2 Å². The van der Waals surface area contributed by atoms with Crippen molar-refractivity contribution in [2.24, 2.45) is 0 Å². The van der Waals surface area contributed by atoms with Crippen molar-refractivity contribution in [1.82, 2.24) is 14.7 Å². The molecule has 9 heteroatoms. The van der Waals surface area contributed by atoms with Gasteiger partial charge in [0.1, 0.15) is 23.7 Å². The van der Waals surface area contributed by atoms with Gasteiger partial charge in [-0.15, -0.1) is 0 Å². The second-order valence-corrected chi connectivity index (χ2v) is 8.53. The highest BCUT2D eigenvalue weighted by atomic mass is 32.2. The van der Waals surface area contributed by atoms with E-state index in [1.807, 2.05) is 13.0 Å². The number of rotatable bonds is 8. The summed E-state index contributed by atoms with van der Waals surface area (Å²) in [7, 11) is -2.03. The lowest BCUT2D eigenvalue weighted by molar-refractivity contribution is 0.410. The third-order valence-corrected chi connectivity index (χ3v) is 6.61. The number of anilines is 2. The molecule has 1 aromatic heterocycles. The van der Waals surface area contributed by atoms with Crippen LogP contribution in [0.15, 0.2) is 29.4 Å². The van der Waals surface area contributed by atoms with E-state index in [4.69, 9.17) is 4.74 Å². The van der Waals surface area contributed by atoms with Crippen molar-refractivity contribution in [2.45, 2.75) is 31.6 Å². The fourth-order valence-electron chi connectivity index (χ4n) is 3.30. The van der Waals surface area contributed by atoms with E-state index in [1.165, 1.54) is 19.2 Å². The Morgan fingerprint density at radius 2 is 1.86 bits per heavy atom. The predicted molar refractivity (Wildman–Crippen MR) is 110 cm³/mol. The van der Waals surface area contributed by atoms with Crippen LogP contribution in [0.5, 0.6) is 5.75 Å². The zero-order valence-corrected chi connectivity index (χ0v) is 17.3. The Balaban J connectivity index is 1.58. The molecule has 152 valence electrons. The largest absolute Gasteiger partial charge is 0.496 e. The zero-order chi connectivity index (χ0) is 20.1. The van der Waals surface area contributed by atoms with Gasteiger partial charge in [-0.1, -0.05) is 0 Å². The van der Waals surface area contributed by atoms with Crippen molar-refractivity contribution in [3.63, 3.8) is 0 Å². The predicted octanol–water partition coefficient (Wildman–Crippen LogP) is 2.09. The number of aromatic nitrogens is 2. The SMILES string of the molecule is COc1ccc(S(=O)(=O)NCCNc2cc(N3CCCC3)ncn2)c(C)c1C. The van der Waals surface area contributed by atoms with Crippen LogP contribution in [-0.2, 0) is 10.0 Å². The maximum atomic E-state index is 12.6. The van der Waals surface area contributed by atoms with Gasteiger partial charge in [-0.3, -0.25) is 0 Å². The van der Waals surface area contributed by atoms with Crippen LogP contribution in [0, 0.1) is 13.8 Å². The zero-order valence-electron chi connectivity index (χ0n) is 16.5. The normalized spacial score (nSPS) is 14.3. The summed E-state index contributed by atoms with van der Waals surface area (Å²) in [5, 5.41) is 3.15. The molecule has 2 aromatic rings. The molecule has 0 amide bonds. The highest BCUT2D eigenvalue weighted by Crippen LogP contribution is 2.26. The minimum atomic E-state index is -3.60. The molecule has 1 aliphatic rings. The van der Waals surface area contributed by atoms with E-state index in [0.717, 1.165) is 24.5 Å². The minimum Gasteiger partial charge on any atom is -0.496 e. The molecular formula is C19H27N5O3S. The van der Waals surface area contributed by atoms with Gasteiger partial charge < -0.3 is 15.0 Å². The van der Waals surface area contributed by atoms with Crippen LogP contribution in [0.2, 0.25) is 0 Å². The molecular weight excluding hydrogens is 378 g/mol. The molecule has 1 aliphatic heterocycles. The van der Waals surface area contributed by atoms with Crippen LogP contribution in [0.1, 0.15) is 24.0 Å². The van der Waals surface area contributed by atoms with E-state index in [2.05, 4.69) is 24.9 Å². The summed E-state index contributed by atoms with van der Waals surface area (Å²) in [6.07, 6.45) is 3.89. The lowest BCUT2D eigenvalue weighted by atomic mass is 10.1. The molecule has 3 rings (SSSR count). The van der Waals surface area contributed by atoms with Gasteiger partial charge in [0.15, 0.2) is 0 Å². The summed E-state index contributed by atoms with van der Waals surface area (Å²) in [6.45, 7) is 6.32. The van der Waals surface area contributed by atoms with Crippen LogP contribution in [0.25, 0.3) is 0 Å². The number of benzene rings is 1. The topological polar surface area (TPSA) is 96.5 Å². The molecule has 1 aromatic carbocycles. The molecule has 0 spiro atoms. The first-order valence-electron chi connectivity index (χ1n) is 9.37. The Morgan fingerprint density at radius 3 is 2.57 bits per heavy atom. The van der Waals surface area contributed by atoms with Crippen molar-refractivity contribution >= 4 is 21.7 Å². The summed E-state index contributed by atoms with van der Waals surface area (Å²) in [5.74, 6) is 2.27.